The second kappa shape index (κ2) is 7.65. The van der Waals surface area contributed by atoms with E-state index in [1.54, 1.807) is 38.1 Å². The Kier molecular flexibility index (Phi) is 5.44. The first-order chi connectivity index (χ1) is 13.2. The molecule has 1 aromatic rings. The van der Waals surface area contributed by atoms with Gasteiger partial charge in [0.2, 0.25) is 0 Å². The van der Waals surface area contributed by atoms with Gasteiger partial charge in [-0.15, -0.1) is 0 Å². The van der Waals surface area contributed by atoms with Gasteiger partial charge in [0.15, 0.2) is 17.3 Å². The van der Waals surface area contributed by atoms with Crippen LogP contribution in [0.4, 0.5) is 0 Å². The Morgan fingerprint density at radius 1 is 1.29 bits per heavy atom. The number of carbonyl (C=O) groups is 2. The molecule has 2 aliphatic heterocycles. The third-order valence-electron chi connectivity index (χ3n) is 4.35. The average molecular weight is 390 g/mol. The van der Waals surface area contributed by atoms with Gasteiger partial charge < -0.3 is 28.8 Å². The summed E-state index contributed by atoms with van der Waals surface area (Å²) in [4.78, 5) is 24.6. The molecule has 1 fully saturated rings. The van der Waals surface area contributed by atoms with Gasteiger partial charge in [0, 0.05) is 0 Å². The zero-order chi connectivity index (χ0) is 20.5. The molecule has 1 saturated heterocycles. The van der Waals surface area contributed by atoms with Gasteiger partial charge in [-0.25, -0.2) is 9.59 Å². The molecule has 150 valence electrons. The number of rotatable bonds is 5. The van der Waals surface area contributed by atoms with E-state index in [1.165, 1.54) is 14.0 Å². The van der Waals surface area contributed by atoms with Crippen LogP contribution < -0.4 is 4.74 Å². The molecule has 0 bridgehead atoms. The lowest BCUT2D eigenvalue weighted by atomic mass is 10.0. The molecule has 2 aliphatic rings. The minimum Gasteiger partial charge on any atom is -0.504 e. The van der Waals surface area contributed by atoms with E-state index in [4.69, 9.17) is 23.7 Å². The third kappa shape index (κ3) is 4.02. The molecule has 0 aromatic heterocycles. The molecule has 1 aromatic carbocycles. The predicted molar refractivity (Wildman–Crippen MR) is 97.2 cm³/mol. The smallest absolute Gasteiger partial charge is 0.343 e. The van der Waals surface area contributed by atoms with E-state index in [9.17, 15) is 14.7 Å². The summed E-state index contributed by atoms with van der Waals surface area (Å²) in [6, 6.07) is 6.50. The highest BCUT2D eigenvalue weighted by molar-refractivity contribution is 6.19. The predicted octanol–water partition coefficient (Wildman–Crippen LogP) is 2.49. The van der Waals surface area contributed by atoms with Crippen molar-refractivity contribution in [3.8, 4) is 5.75 Å². The molecule has 0 saturated carbocycles. The van der Waals surface area contributed by atoms with Crippen LogP contribution in [0.25, 0.3) is 5.57 Å². The van der Waals surface area contributed by atoms with E-state index >= 15 is 0 Å². The van der Waals surface area contributed by atoms with Crippen molar-refractivity contribution in [2.24, 2.45) is 0 Å². The maximum absolute atomic E-state index is 12.8. The second-order valence-corrected chi connectivity index (χ2v) is 6.84. The Morgan fingerprint density at radius 2 is 1.96 bits per heavy atom. The van der Waals surface area contributed by atoms with Crippen LogP contribution >= 0.6 is 0 Å². The average Bonchev–Trinajstić information content (AvgIpc) is 3.14. The van der Waals surface area contributed by atoms with Crippen LogP contribution in [-0.4, -0.2) is 49.3 Å². The minimum absolute atomic E-state index is 0.0167. The van der Waals surface area contributed by atoms with Gasteiger partial charge in [-0.2, -0.15) is 0 Å². The van der Waals surface area contributed by atoms with Crippen LogP contribution in [0.15, 0.2) is 41.4 Å². The molecule has 0 aliphatic carbocycles. The summed E-state index contributed by atoms with van der Waals surface area (Å²) in [5.41, 5.74) is 0.352. The lowest BCUT2D eigenvalue weighted by molar-refractivity contribution is -0.154. The summed E-state index contributed by atoms with van der Waals surface area (Å²) < 4.78 is 26.7. The number of methoxy groups -OCH3 is 1. The molecule has 0 amide bonds. The highest BCUT2D eigenvalue weighted by Crippen LogP contribution is 2.33. The molecular formula is C20H22O8. The lowest BCUT2D eigenvalue weighted by Gasteiger charge is -2.17. The summed E-state index contributed by atoms with van der Waals surface area (Å²) in [5.74, 6) is -2.27. The zero-order valence-corrected chi connectivity index (χ0v) is 16.1. The number of aliphatic hydroxyl groups excluding tert-OH is 1. The van der Waals surface area contributed by atoms with Crippen molar-refractivity contribution in [2.75, 3.05) is 20.3 Å². The molecule has 0 radical (unpaired) electrons. The number of cyclic esters (lactones) is 1. The monoisotopic (exact) mass is 390 g/mol. The number of ether oxygens (including phenoxy) is 5. The zero-order valence-electron chi connectivity index (χ0n) is 16.1. The molecule has 8 heteroatoms. The molecule has 28 heavy (non-hydrogen) atoms. The summed E-state index contributed by atoms with van der Waals surface area (Å²) >= 11 is 0. The molecule has 3 rings (SSSR count). The number of esters is 2. The van der Waals surface area contributed by atoms with Crippen LogP contribution in [0, 0.1) is 0 Å². The highest BCUT2D eigenvalue weighted by atomic mass is 16.7. The molecule has 0 unspecified atom stereocenters. The van der Waals surface area contributed by atoms with Gasteiger partial charge in [-0.05, 0) is 38.5 Å². The van der Waals surface area contributed by atoms with Crippen molar-refractivity contribution in [1.29, 1.82) is 0 Å². The number of benzene rings is 1. The Bertz CT molecular complexity index is 847. The van der Waals surface area contributed by atoms with Gasteiger partial charge in [0.1, 0.15) is 24.0 Å². The summed E-state index contributed by atoms with van der Waals surface area (Å²) in [5, 5.41) is 10.3. The Hall–Kier alpha value is -2.84. The molecule has 1 N–H and O–H groups in total. The first-order valence-electron chi connectivity index (χ1n) is 8.72. The molecule has 8 nitrogen and oxygen atoms in total. The van der Waals surface area contributed by atoms with Crippen molar-refractivity contribution in [3.63, 3.8) is 0 Å². The second-order valence-electron chi connectivity index (χ2n) is 6.84. The molecule has 1 atom stereocenters. The minimum atomic E-state index is -0.762. The van der Waals surface area contributed by atoms with Crippen molar-refractivity contribution in [2.45, 2.75) is 32.7 Å². The SMILES string of the molecule is COc1ccc(/C(C(=O)OC[C@@H]2COC(C)(C)O2)=C2\OC(=O)C(C)=C2O)cc1. The van der Waals surface area contributed by atoms with Gasteiger partial charge in [0.25, 0.3) is 0 Å². The van der Waals surface area contributed by atoms with Crippen molar-refractivity contribution in [3.05, 3.63) is 46.9 Å². The molecule has 2 heterocycles. The standard InChI is InChI=1S/C20H22O8/c1-11-16(21)17(27-18(11)22)15(12-5-7-13(24-4)8-6-12)19(23)25-9-14-10-26-20(2,3)28-14/h5-8,14,21H,9-10H2,1-4H3/b17-15+/t14-/m1/s1. The fourth-order valence-electron chi connectivity index (χ4n) is 2.84. The maximum atomic E-state index is 12.8. The number of hydrogen-bond donors (Lipinski definition) is 1. The van der Waals surface area contributed by atoms with Crippen molar-refractivity contribution < 1.29 is 38.4 Å². The fourth-order valence-corrected chi connectivity index (χ4v) is 2.84. The Labute approximate surface area is 162 Å². The maximum Gasteiger partial charge on any atom is 0.343 e. The normalized spacial score (nSPS) is 22.9. The van der Waals surface area contributed by atoms with Crippen LogP contribution in [0.2, 0.25) is 0 Å². The quantitative estimate of drug-likeness (QED) is 0.605. The third-order valence-corrected chi connectivity index (χ3v) is 4.35. The van der Waals surface area contributed by atoms with E-state index in [-0.39, 0.29) is 30.1 Å². The number of carbonyl (C=O) groups excluding carboxylic acids is 2. The summed E-state index contributed by atoms with van der Waals surface area (Å²) in [7, 11) is 1.52. The Morgan fingerprint density at radius 3 is 2.46 bits per heavy atom. The van der Waals surface area contributed by atoms with E-state index in [0.29, 0.717) is 11.3 Å². The van der Waals surface area contributed by atoms with E-state index in [2.05, 4.69) is 0 Å². The topological polar surface area (TPSA) is 101 Å². The lowest BCUT2D eigenvalue weighted by Crippen LogP contribution is -2.25. The molecular weight excluding hydrogens is 368 g/mol. The Balaban J connectivity index is 1.88. The van der Waals surface area contributed by atoms with Crippen LogP contribution in [-0.2, 0) is 28.5 Å². The van der Waals surface area contributed by atoms with Gasteiger partial charge >= 0.3 is 11.9 Å². The van der Waals surface area contributed by atoms with Crippen molar-refractivity contribution in [1.82, 2.24) is 0 Å². The van der Waals surface area contributed by atoms with Crippen molar-refractivity contribution >= 4 is 17.5 Å². The van der Waals surface area contributed by atoms with E-state index < -0.39 is 29.6 Å². The largest absolute Gasteiger partial charge is 0.504 e. The molecule has 0 spiro atoms. The van der Waals surface area contributed by atoms with Gasteiger partial charge in [-0.1, -0.05) is 12.1 Å². The fraction of sp³-hybridized carbons (Fsp3) is 0.400. The first kappa shape index (κ1) is 19.9. The summed E-state index contributed by atoms with van der Waals surface area (Å²) in [6.45, 7) is 5.18. The number of hydrogen-bond acceptors (Lipinski definition) is 8. The van der Waals surface area contributed by atoms with E-state index in [1.807, 2.05) is 0 Å². The van der Waals surface area contributed by atoms with E-state index in [0.717, 1.165) is 0 Å². The van der Waals surface area contributed by atoms with Crippen LogP contribution in [0.5, 0.6) is 5.75 Å². The number of aliphatic hydroxyl groups is 1. The summed E-state index contributed by atoms with van der Waals surface area (Å²) in [6.07, 6.45) is -0.418. The highest BCUT2D eigenvalue weighted by Gasteiger charge is 2.36. The first-order valence-corrected chi connectivity index (χ1v) is 8.72. The van der Waals surface area contributed by atoms with Gasteiger partial charge in [0.05, 0.1) is 19.3 Å². The van der Waals surface area contributed by atoms with Crippen LogP contribution in [0.3, 0.4) is 0 Å². The van der Waals surface area contributed by atoms with Gasteiger partial charge in [-0.3, -0.25) is 0 Å². The van der Waals surface area contributed by atoms with Crippen LogP contribution in [0.1, 0.15) is 26.3 Å².